The lowest BCUT2D eigenvalue weighted by Crippen LogP contribution is -2.42. The van der Waals surface area contributed by atoms with Gasteiger partial charge >= 0.3 is 0 Å². The van der Waals surface area contributed by atoms with E-state index in [1.165, 1.54) is 19.4 Å². The molecule has 14 heavy (non-hydrogen) atoms. The Balaban J connectivity index is 2.27. The molecular weight excluding hydrogens is 176 g/mol. The molecule has 1 aliphatic carbocycles. The van der Waals surface area contributed by atoms with Crippen LogP contribution in [-0.2, 0) is 0 Å². The molecule has 0 heterocycles. The molecule has 0 spiro atoms. The lowest BCUT2D eigenvalue weighted by Gasteiger charge is -2.31. The highest BCUT2D eigenvalue weighted by Crippen LogP contribution is 2.30. The molecule has 0 aromatic rings. The monoisotopic (exact) mass is 200 g/mol. The summed E-state index contributed by atoms with van der Waals surface area (Å²) in [7, 11) is 2.13. The maximum absolute atomic E-state index is 9.84. The standard InChI is InChI=1S/C11H24N2O/c1-9(6-11(2,14)8-12)13(3)7-10-4-5-10/h9-10,14H,4-8,12H2,1-3H3. The molecule has 2 atom stereocenters. The summed E-state index contributed by atoms with van der Waals surface area (Å²) in [5.41, 5.74) is 4.79. The first-order valence-corrected chi connectivity index (χ1v) is 5.57. The van der Waals surface area contributed by atoms with Gasteiger partial charge in [0.2, 0.25) is 0 Å². The van der Waals surface area contributed by atoms with Crippen molar-refractivity contribution in [1.82, 2.24) is 4.90 Å². The maximum Gasteiger partial charge on any atom is 0.0756 e. The van der Waals surface area contributed by atoms with E-state index in [0.717, 1.165) is 12.3 Å². The highest BCUT2D eigenvalue weighted by molar-refractivity contribution is 4.83. The fourth-order valence-electron chi connectivity index (χ4n) is 1.76. The molecule has 3 nitrogen and oxygen atoms in total. The van der Waals surface area contributed by atoms with Gasteiger partial charge in [0.25, 0.3) is 0 Å². The molecular formula is C11H24N2O. The largest absolute Gasteiger partial charge is 0.389 e. The summed E-state index contributed by atoms with van der Waals surface area (Å²) in [6.45, 7) is 5.48. The minimum atomic E-state index is -0.711. The minimum absolute atomic E-state index is 0.342. The molecule has 1 aliphatic rings. The van der Waals surface area contributed by atoms with Crippen LogP contribution < -0.4 is 5.73 Å². The van der Waals surface area contributed by atoms with Crippen molar-refractivity contribution < 1.29 is 5.11 Å². The van der Waals surface area contributed by atoms with Gasteiger partial charge in [-0.1, -0.05) is 0 Å². The summed E-state index contributed by atoms with van der Waals surface area (Å²) >= 11 is 0. The zero-order chi connectivity index (χ0) is 10.8. The molecule has 0 aromatic heterocycles. The van der Waals surface area contributed by atoms with Gasteiger partial charge in [0.15, 0.2) is 0 Å². The Bertz CT molecular complexity index is 178. The number of hydrogen-bond donors (Lipinski definition) is 2. The normalized spacial score (nSPS) is 23.6. The average Bonchev–Trinajstić information content (AvgIpc) is 2.87. The van der Waals surface area contributed by atoms with Gasteiger partial charge in [-0.25, -0.2) is 0 Å². The van der Waals surface area contributed by atoms with Crippen LogP contribution in [-0.4, -0.2) is 41.8 Å². The van der Waals surface area contributed by atoms with E-state index in [4.69, 9.17) is 5.73 Å². The van der Waals surface area contributed by atoms with Crippen molar-refractivity contribution in [3.8, 4) is 0 Å². The Hall–Kier alpha value is -0.120. The number of aliphatic hydroxyl groups is 1. The second kappa shape index (κ2) is 4.60. The van der Waals surface area contributed by atoms with Crippen molar-refractivity contribution in [3.05, 3.63) is 0 Å². The van der Waals surface area contributed by atoms with E-state index in [9.17, 15) is 5.11 Å². The Labute approximate surface area is 87.3 Å². The summed E-state index contributed by atoms with van der Waals surface area (Å²) in [6, 6.07) is 0.411. The molecule has 0 bridgehead atoms. The first-order chi connectivity index (χ1) is 6.44. The summed E-state index contributed by atoms with van der Waals surface area (Å²) < 4.78 is 0. The molecule has 84 valence electrons. The smallest absolute Gasteiger partial charge is 0.0756 e. The van der Waals surface area contributed by atoms with Gasteiger partial charge in [0.05, 0.1) is 5.60 Å². The fourth-order valence-corrected chi connectivity index (χ4v) is 1.76. The van der Waals surface area contributed by atoms with Crippen LogP contribution in [0.3, 0.4) is 0 Å². The summed E-state index contributed by atoms with van der Waals surface area (Å²) in [6.07, 6.45) is 3.52. The van der Waals surface area contributed by atoms with Crippen LogP contribution in [0.2, 0.25) is 0 Å². The van der Waals surface area contributed by atoms with Crippen LogP contribution in [0.15, 0.2) is 0 Å². The molecule has 1 saturated carbocycles. The molecule has 0 amide bonds. The minimum Gasteiger partial charge on any atom is -0.389 e. The zero-order valence-electron chi connectivity index (χ0n) is 9.66. The molecule has 0 saturated heterocycles. The van der Waals surface area contributed by atoms with Crippen LogP contribution in [0.4, 0.5) is 0 Å². The van der Waals surface area contributed by atoms with E-state index < -0.39 is 5.60 Å². The van der Waals surface area contributed by atoms with Crippen molar-refractivity contribution in [2.75, 3.05) is 20.1 Å². The van der Waals surface area contributed by atoms with E-state index in [2.05, 4.69) is 18.9 Å². The Kier molecular flexibility index (Phi) is 3.93. The molecule has 0 aromatic carbocycles. The van der Waals surface area contributed by atoms with Gasteiger partial charge in [-0.2, -0.15) is 0 Å². The van der Waals surface area contributed by atoms with Crippen molar-refractivity contribution in [3.63, 3.8) is 0 Å². The first-order valence-electron chi connectivity index (χ1n) is 5.57. The van der Waals surface area contributed by atoms with E-state index in [1.807, 2.05) is 6.92 Å². The van der Waals surface area contributed by atoms with Crippen LogP contribution >= 0.6 is 0 Å². The van der Waals surface area contributed by atoms with Gasteiger partial charge in [-0.15, -0.1) is 0 Å². The Morgan fingerprint density at radius 1 is 1.57 bits per heavy atom. The van der Waals surface area contributed by atoms with Gasteiger partial charge in [-0.05, 0) is 46.1 Å². The number of rotatable bonds is 6. The first kappa shape index (κ1) is 12.0. The Morgan fingerprint density at radius 2 is 2.14 bits per heavy atom. The van der Waals surface area contributed by atoms with Crippen LogP contribution in [0.1, 0.15) is 33.1 Å². The topological polar surface area (TPSA) is 49.5 Å². The number of nitrogens with zero attached hydrogens (tertiary/aromatic N) is 1. The fraction of sp³-hybridized carbons (Fsp3) is 1.00. The third-order valence-electron chi connectivity index (χ3n) is 3.17. The molecule has 0 aliphatic heterocycles. The van der Waals surface area contributed by atoms with Gasteiger partial charge in [0.1, 0.15) is 0 Å². The zero-order valence-corrected chi connectivity index (χ0v) is 9.66. The third-order valence-corrected chi connectivity index (χ3v) is 3.17. The van der Waals surface area contributed by atoms with Crippen molar-refractivity contribution in [1.29, 1.82) is 0 Å². The highest BCUT2D eigenvalue weighted by atomic mass is 16.3. The quantitative estimate of drug-likeness (QED) is 0.667. The van der Waals surface area contributed by atoms with Crippen molar-refractivity contribution in [2.24, 2.45) is 11.7 Å². The predicted molar refractivity (Wildman–Crippen MR) is 59.1 cm³/mol. The Morgan fingerprint density at radius 3 is 2.57 bits per heavy atom. The molecule has 0 radical (unpaired) electrons. The molecule has 3 heteroatoms. The number of nitrogens with two attached hydrogens (primary N) is 1. The lowest BCUT2D eigenvalue weighted by molar-refractivity contribution is 0.0328. The van der Waals surface area contributed by atoms with Gasteiger partial charge in [-0.3, -0.25) is 0 Å². The second-order valence-corrected chi connectivity index (χ2v) is 5.14. The molecule has 3 N–H and O–H groups in total. The SMILES string of the molecule is CC(CC(C)(O)CN)N(C)CC1CC1. The lowest BCUT2D eigenvalue weighted by atomic mass is 9.97. The third kappa shape index (κ3) is 3.95. The van der Waals surface area contributed by atoms with E-state index in [1.54, 1.807) is 0 Å². The van der Waals surface area contributed by atoms with Crippen LogP contribution in [0.5, 0.6) is 0 Å². The van der Waals surface area contributed by atoms with E-state index in [-0.39, 0.29) is 0 Å². The van der Waals surface area contributed by atoms with Crippen molar-refractivity contribution in [2.45, 2.75) is 44.8 Å². The average molecular weight is 200 g/mol. The van der Waals surface area contributed by atoms with E-state index >= 15 is 0 Å². The predicted octanol–water partition coefficient (Wildman–Crippen LogP) is 0.816. The summed E-state index contributed by atoms with van der Waals surface area (Å²) in [5.74, 6) is 0.908. The van der Waals surface area contributed by atoms with E-state index in [0.29, 0.717) is 12.6 Å². The molecule has 1 fully saturated rings. The maximum atomic E-state index is 9.84. The van der Waals surface area contributed by atoms with Crippen molar-refractivity contribution >= 4 is 0 Å². The number of hydrogen-bond acceptors (Lipinski definition) is 3. The molecule has 1 rings (SSSR count). The second-order valence-electron chi connectivity index (χ2n) is 5.14. The highest BCUT2D eigenvalue weighted by Gasteiger charge is 2.28. The van der Waals surface area contributed by atoms with Crippen LogP contribution in [0.25, 0.3) is 0 Å². The molecule has 2 unspecified atom stereocenters. The van der Waals surface area contributed by atoms with Gasteiger partial charge < -0.3 is 15.7 Å². The van der Waals surface area contributed by atoms with Crippen LogP contribution in [0, 0.1) is 5.92 Å². The summed E-state index contributed by atoms with van der Waals surface area (Å²) in [4.78, 5) is 2.34. The van der Waals surface area contributed by atoms with Gasteiger partial charge in [0, 0.05) is 19.1 Å². The summed E-state index contributed by atoms with van der Waals surface area (Å²) in [5, 5.41) is 9.84.